The summed E-state index contributed by atoms with van der Waals surface area (Å²) < 4.78 is 16.8. The lowest BCUT2D eigenvalue weighted by molar-refractivity contribution is -0.120. The van der Waals surface area contributed by atoms with Gasteiger partial charge in [-0.2, -0.15) is 0 Å². The van der Waals surface area contributed by atoms with Crippen LogP contribution < -0.4 is 19.5 Å². The number of amides is 1. The van der Waals surface area contributed by atoms with Crippen molar-refractivity contribution in [1.82, 2.24) is 4.90 Å². The number of rotatable bonds is 7. The Morgan fingerprint density at radius 1 is 1.15 bits per heavy atom. The summed E-state index contributed by atoms with van der Waals surface area (Å²) in [5.74, 6) is 2.12. The average molecular weight is 370 g/mol. The van der Waals surface area contributed by atoms with Crippen LogP contribution in [0.1, 0.15) is 12.5 Å². The van der Waals surface area contributed by atoms with Crippen molar-refractivity contribution in [3.05, 3.63) is 48.0 Å². The minimum atomic E-state index is -0.292. The summed E-state index contributed by atoms with van der Waals surface area (Å²) in [7, 11) is 1.91. The molecule has 0 radical (unpaired) electrons. The molecule has 2 aromatic carbocycles. The fraction of sp³-hybridized carbons (Fsp3) is 0.381. The smallest absolute Gasteiger partial charge is 0.241 e. The Labute approximate surface area is 160 Å². The van der Waals surface area contributed by atoms with Gasteiger partial charge >= 0.3 is 0 Å². The molecule has 27 heavy (non-hydrogen) atoms. The zero-order chi connectivity index (χ0) is 19.2. The van der Waals surface area contributed by atoms with Gasteiger partial charge in [-0.05, 0) is 45.2 Å². The molecule has 1 N–H and O–H groups in total. The van der Waals surface area contributed by atoms with Crippen molar-refractivity contribution in [2.75, 3.05) is 38.7 Å². The third-order valence-electron chi connectivity index (χ3n) is 4.58. The van der Waals surface area contributed by atoms with E-state index in [1.54, 1.807) is 6.07 Å². The van der Waals surface area contributed by atoms with Gasteiger partial charge in [-0.3, -0.25) is 9.69 Å². The molecule has 0 saturated heterocycles. The Morgan fingerprint density at radius 2 is 1.85 bits per heavy atom. The van der Waals surface area contributed by atoms with E-state index in [2.05, 4.69) is 5.32 Å². The summed E-state index contributed by atoms with van der Waals surface area (Å²) in [5.41, 5.74) is 1.89. The zero-order valence-corrected chi connectivity index (χ0v) is 16.0. The molecule has 6 heteroatoms. The second-order valence-corrected chi connectivity index (χ2v) is 6.67. The predicted octanol–water partition coefficient (Wildman–Crippen LogP) is 3.10. The lowest BCUT2D eigenvalue weighted by Gasteiger charge is -2.24. The minimum Gasteiger partial charge on any atom is -0.492 e. The van der Waals surface area contributed by atoms with Gasteiger partial charge in [0, 0.05) is 18.3 Å². The number of carbonyl (C=O) groups is 1. The normalized spacial score (nSPS) is 13.9. The molecule has 2 aromatic rings. The van der Waals surface area contributed by atoms with Gasteiger partial charge in [0.15, 0.2) is 11.5 Å². The molecule has 1 amide bonds. The topological polar surface area (TPSA) is 60.0 Å². The summed E-state index contributed by atoms with van der Waals surface area (Å²) in [6.45, 7) is 6.14. The molecule has 0 spiro atoms. The number of aryl methyl sites for hydroxylation is 1. The van der Waals surface area contributed by atoms with Gasteiger partial charge in [-0.25, -0.2) is 0 Å². The summed E-state index contributed by atoms with van der Waals surface area (Å²) in [5, 5.41) is 2.93. The van der Waals surface area contributed by atoms with E-state index < -0.39 is 0 Å². The SMILES string of the molecule is Cc1ccc(OCCN(C)[C@H](C)C(=O)Nc2ccc3c(c2)OCCO3)cc1. The maximum atomic E-state index is 12.5. The first kappa shape index (κ1) is 19.0. The first-order chi connectivity index (χ1) is 13.0. The molecule has 0 bridgehead atoms. The number of carbonyl (C=O) groups excluding carboxylic acids is 1. The molecule has 0 saturated carbocycles. The van der Waals surface area contributed by atoms with E-state index in [0.717, 1.165) is 5.75 Å². The van der Waals surface area contributed by atoms with Crippen LogP contribution in [0.25, 0.3) is 0 Å². The number of fused-ring (bicyclic) bond motifs is 1. The highest BCUT2D eigenvalue weighted by molar-refractivity contribution is 5.94. The number of benzene rings is 2. The molecule has 0 aliphatic carbocycles. The van der Waals surface area contributed by atoms with Gasteiger partial charge in [0.2, 0.25) is 5.91 Å². The van der Waals surface area contributed by atoms with E-state index in [0.29, 0.717) is 43.6 Å². The lowest BCUT2D eigenvalue weighted by atomic mass is 10.2. The predicted molar refractivity (Wildman–Crippen MR) is 105 cm³/mol. The zero-order valence-electron chi connectivity index (χ0n) is 16.0. The Morgan fingerprint density at radius 3 is 2.59 bits per heavy atom. The van der Waals surface area contributed by atoms with E-state index >= 15 is 0 Å². The van der Waals surface area contributed by atoms with Gasteiger partial charge < -0.3 is 19.5 Å². The van der Waals surface area contributed by atoms with Crippen molar-refractivity contribution in [3.63, 3.8) is 0 Å². The Hall–Kier alpha value is -2.73. The molecule has 6 nitrogen and oxygen atoms in total. The quantitative estimate of drug-likeness (QED) is 0.812. The van der Waals surface area contributed by atoms with Crippen LogP contribution in [0.15, 0.2) is 42.5 Å². The summed E-state index contributed by atoms with van der Waals surface area (Å²) in [6.07, 6.45) is 0. The third-order valence-corrected chi connectivity index (χ3v) is 4.58. The third kappa shape index (κ3) is 5.14. The van der Waals surface area contributed by atoms with Crippen LogP contribution in [-0.2, 0) is 4.79 Å². The first-order valence-corrected chi connectivity index (χ1v) is 9.13. The van der Waals surface area contributed by atoms with E-state index in [1.807, 2.05) is 62.2 Å². The van der Waals surface area contributed by atoms with Crippen LogP contribution in [-0.4, -0.2) is 50.3 Å². The molecule has 0 unspecified atom stereocenters. The monoisotopic (exact) mass is 370 g/mol. The molecule has 1 heterocycles. The van der Waals surface area contributed by atoms with Crippen LogP contribution in [0, 0.1) is 6.92 Å². The fourth-order valence-corrected chi connectivity index (χ4v) is 2.70. The molecule has 1 atom stereocenters. The number of anilines is 1. The molecule has 0 fully saturated rings. The number of hydrogen-bond acceptors (Lipinski definition) is 5. The van der Waals surface area contributed by atoms with Crippen LogP contribution in [0.5, 0.6) is 17.2 Å². The minimum absolute atomic E-state index is 0.0792. The lowest BCUT2D eigenvalue weighted by Crippen LogP contribution is -2.41. The highest BCUT2D eigenvalue weighted by Gasteiger charge is 2.19. The van der Waals surface area contributed by atoms with Gasteiger partial charge in [0.1, 0.15) is 25.6 Å². The number of likely N-dealkylation sites (N-methyl/N-ethyl adjacent to an activating group) is 1. The second-order valence-electron chi connectivity index (χ2n) is 6.67. The molecule has 3 rings (SSSR count). The van der Waals surface area contributed by atoms with Crippen molar-refractivity contribution < 1.29 is 19.0 Å². The number of nitrogens with one attached hydrogen (secondary N) is 1. The van der Waals surface area contributed by atoms with Gasteiger partial charge in [-0.15, -0.1) is 0 Å². The van der Waals surface area contributed by atoms with E-state index in [-0.39, 0.29) is 11.9 Å². The van der Waals surface area contributed by atoms with Crippen molar-refractivity contribution >= 4 is 11.6 Å². The van der Waals surface area contributed by atoms with E-state index in [1.165, 1.54) is 5.56 Å². The molecular formula is C21H26N2O4. The van der Waals surface area contributed by atoms with Crippen LogP contribution >= 0.6 is 0 Å². The maximum absolute atomic E-state index is 12.5. The van der Waals surface area contributed by atoms with Crippen LogP contribution in [0.3, 0.4) is 0 Å². The molecule has 0 aromatic heterocycles. The number of ether oxygens (including phenoxy) is 3. The summed E-state index contributed by atoms with van der Waals surface area (Å²) in [6, 6.07) is 13.1. The molecule has 1 aliphatic rings. The van der Waals surface area contributed by atoms with Crippen molar-refractivity contribution in [2.24, 2.45) is 0 Å². The van der Waals surface area contributed by atoms with Gasteiger partial charge in [0.25, 0.3) is 0 Å². The first-order valence-electron chi connectivity index (χ1n) is 9.13. The number of nitrogens with zero attached hydrogens (tertiary/aromatic N) is 1. The molecular weight excluding hydrogens is 344 g/mol. The standard InChI is InChI=1S/C21H26N2O4/c1-15-4-7-18(8-5-15)25-11-10-23(3)16(2)21(24)22-17-6-9-19-20(14-17)27-13-12-26-19/h4-9,14,16H,10-13H2,1-3H3,(H,22,24)/t16-/m1/s1. The largest absolute Gasteiger partial charge is 0.492 e. The van der Waals surface area contributed by atoms with Crippen LogP contribution in [0.4, 0.5) is 5.69 Å². The molecule has 1 aliphatic heterocycles. The number of hydrogen-bond donors (Lipinski definition) is 1. The fourth-order valence-electron chi connectivity index (χ4n) is 2.70. The maximum Gasteiger partial charge on any atom is 0.241 e. The Kier molecular flexibility index (Phi) is 6.19. The Bertz CT molecular complexity index is 776. The van der Waals surface area contributed by atoms with E-state index in [4.69, 9.17) is 14.2 Å². The Balaban J connectivity index is 1.48. The van der Waals surface area contributed by atoms with Crippen molar-refractivity contribution in [1.29, 1.82) is 0 Å². The van der Waals surface area contributed by atoms with E-state index in [9.17, 15) is 4.79 Å². The van der Waals surface area contributed by atoms with Crippen molar-refractivity contribution in [3.8, 4) is 17.2 Å². The molecule has 144 valence electrons. The second kappa shape index (κ2) is 8.77. The van der Waals surface area contributed by atoms with Gasteiger partial charge in [0.05, 0.1) is 6.04 Å². The highest BCUT2D eigenvalue weighted by Crippen LogP contribution is 2.32. The average Bonchev–Trinajstić information content (AvgIpc) is 2.68. The highest BCUT2D eigenvalue weighted by atomic mass is 16.6. The van der Waals surface area contributed by atoms with Gasteiger partial charge in [-0.1, -0.05) is 17.7 Å². The summed E-state index contributed by atoms with van der Waals surface area (Å²) >= 11 is 0. The summed E-state index contributed by atoms with van der Waals surface area (Å²) in [4.78, 5) is 14.5. The van der Waals surface area contributed by atoms with Crippen LogP contribution in [0.2, 0.25) is 0 Å². The van der Waals surface area contributed by atoms with Crippen molar-refractivity contribution in [2.45, 2.75) is 19.9 Å².